The Hall–Kier alpha value is -1.50. The van der Waals surface area contributed by atoms with Crippen molar-refractivity contribution in [1.29, 1.82) is 0 Å². The number of aromatic nitrogens is 2. The van der Waals surface area contributed by atoms with E-state index in [2.05, 4.69) is 27.1 Å². The summed E-state index contributed by atoms with van der Waals surface area (Å²) in [6.07, 6.45) is 1.91. The molecule has 0 saturated heterocycles. The first-order valence-electron chi connectivity index (χ1n) is 6.33. The van der Waals surface area contributed by atoms with Crippen LogP contribution in [0.5, 0.6) is 5.75 Å². The number of hydrogen-bond donors (Lipinski definition) is 2. The highest BCUT2D eigenvalue weighted by Crippen LogP contribution is 2.38. The Labute approximate surface area is 115 Å². The first-order valence-corrected chi connectivity index (χ1v) is 7.17. The maximum Gasteiger partial charge on any atom is 0.122 e. The molecule has 2 atom stereocenters. The molecule has 100 valence electrons. The first-order chi connectivity index (χ1) is 9.38. The van der Waals surface area contributed by atoms with Gasteiger partial charge in [-0.15, -0.1) is 5.10 Å². The highest BCUT2D eigenvalue weighted by molar-refractivity contribution is 7.03. The van der Waals surface area contributed by atoms with Gasteiger partial charge in [0.1, 0.15) is 5.75 Å². The summed E-state index contributed by atoms with van der Waals surface area (Å²) in [7, 11) is 0. The molecule has 0 saturated carbocycles. The van der Waals surface area contributed by atoms with E-state index in [0.717, 1.165) is 30.9 Å². The molecule has 3 rings (SSSR count). The molecule has 2 heterocycles. The van der Waals surface area contributed by atoms with E-state index in [-0.39, 0.29) is 6.04 Å². The van der Waals surface area contributed by atoms with Crippen LogP contribution in [0.2, 0.25) is 0 Å². The average Bonchev–Trinajstić information content (AvgIpc) is 2.99. The Bertz CT molecular complexity index is 531. The summed E-state index contributed by atoms with van der Waals surface area (Å²) >= 11 is 1.35. The van der Waals surface area contributed by atoms with Crippen molar-refractivity contribution in [3.8, 4) is 5.75 Å². The fraction of sp³-hybridized carbons (Fsp3) is 0.385. The van der Waals surface area contributed by atoms with Crippen LogP contribution in [0.4, 0.5) is 0 Å². The van der Waals surface area contributed by atoms with E-state index >= 15 is 0 Å². The number of benzene rings is 1. The van der Waals surface area contributed by atoms with Crippen LogP contribution in [0.15, 0.2) is 29.6 Å². The predicted molar refractivity (Wildman–Crippen MR) is 73.9 cm³/mol. The van der Waals surface area contributed by atoms with E-state index in [1.807, 2.05) is 17.5 Å². The topological polar surface area (TPSA) is 73.1 Å². The van der Waals surface area contributed by atoms with Crippen molar-refractivity contribution in [2.24, 2.45) is 5.84 Å². The molecule has 1 aromatic carbocycles. The zero-order valence-corrected chi connectivity index (χ0v) is 11.3. The third kappa shape index (κ3) is 2.60. The lowest BCUT2D eigenvalue weighted by Gasteiger charge is -2.28. The van der Waals surface area contributed by atoms with Gasteiger partial charge >= 0.3 is 0 Å². The van der Waals surface area contributed by atoms with Gasteiger partial charge in [0.05, 0.1) is 18.3 Å². The molecule has 0 radical (unpaired) electrons. The molecule has 19 heavy (non-hydrogen) atoms. The number of nitrogens with two attached hydrogens (primary N) is 1. The molecule has 0 spiro atoms. The Balaban J connectivity index is 1.80. The van der Waals surface area contributed by atoms with Gasteiger partial charge in [-0.2, -0.15) is 0 Å². The molecule has 0 bridgehead atoms. The van der Waals surface area contributed by atoms with Gasteiger partial charge in [-0.25, -0.2) is 0 Å². The lowest BCUT2D eigenvalue weighted by atomic mass is 9.87. The average molecular weight is 276 g/mol. The number of rotatable bonds is 4. The van der Waals surface area contributed by atoms with Gasteiger partial charge in [0.15, 0.2) is 0 Å². The van der Waals surface area contributed by atoms with Gasteiger partial charge in [0.2, 0.25) is 0 Å². The van der Waals surface area contributed by atoms with Crippen LogP contribution in [0.25, 0.3) is 0 Å². The molecule has 1 aromatic heterocycles. The van der Waals surface area contributed by atoms with E-state index in [4.69, 9.17) is 10.6 Å². The number of nitrogens with one attached hydrogen (secondary N) is 1. The van der Waals surface area contributed by atoms with Crippen LogP contribution in [0, 0.1) is 0 Å². The van der Waals surface area contributed by atoms with Crippen molar-refractivity contribution in [2.45, 2.75) is 24.8 Å². The highest BCUT2D eigenvalue weighted by Gasteiger charge is 2.25. The predicted octanol–water partition coefficient (Wildman–Crippen LogP) is 2.00. The number of hydrogen-bond acceptors (Lipinski definition) is 6. The van der Waals surface area contributed by atoms with Gasteiger partial charge in [-0.05, 0) is 41.9 Å². The van der Waals surface area contributed by atoms with Crippen molar-refractivity contribution in [2.75, 3.05) is 6.61 Å². The molecule has 2 aromatic rings. The molecule has 6 heteroatoms. The van der Waals surface area contributed by atoms with Crippen LogP contribution in [-0.2, 0) is 0 Å². The Morgan fingerprint density at radius 3 is 3.16 bits per heavy atom. The number of fused-ring (bicyclic) bond motifs is 1. The molecular formula is C13H16N4OS. The van der Waals surface area contributed by atoms with Gasteiger partial charge in [0.25, 0.3) is 0 Å². The van der Waals surface area contributed by atoms with Crippen molar-refractivity contribution < 1.29 is 4.74 Å². The van der Waals surface area contributed by atoms with E-state index in [1.54, 1.807) is 0 Å². The quantitative estimate of drug-likeness (QED) is 0.660. The van der Waals surface area contributed by atoms with Gasteiger partial charge in [-0.3, -0.25) is 11.3 Å². The second-order valence-corrected chi connectivity index (χ2v) is 5.27. The minimum atomic E-state index is 0.0370. The van der Waals surface area contributed by atoms with Gasteiger partial charge in [0, 0.05) is 5.38 Å². The molecule has 2 unspecified atom stereocenters. The molecule has 1 aliphatic heterocycles. The summed E-state index contributed by atoms with van der Waals surface area (Å²) < 4.78 is 9.58. The third-order valence-corrected chi connectivity index (χ3v) is 4.06. The molecule has 5 nitrogen and oxygen atoms in total. The minimum Gasteiger partial charge on any atom is -0.493 e. The molecule has 0 amide bonds. The summed E-state index contributed by atoms with van der Waals surface area (Å²) in [5.74, 6) is 7.09. The fourth-order valence-electron chi connectivity index (χ4n) is 2.54. The summed E-state index contributed by atoms with van der Waals surface area (Å²) in [5, 5.41) is 6.04. The Kier molecular flexibility index (Phi) is 3.72. The number of hydrazine groups is 1. The van der Waals surface area contributed by atoms with Crippen molar-refractivity contribution in [3.63, 3.8) is 0 Å². The number of para-hydroxylation sites is 1. The summed E-state index contributed by atoms with van der Waals surface area (Å²) in [6, 6.07) is 8.25. The molecule has 0 aliphatic carbocycles. The molecule has 0 fully saturated rings. The molecule has 1 aliphatic rings. The summed E-state index contributed by atoms with van der Waals surface area (Å²) in [6.45, 7) is 0.758. The normalized spacial score (nSPS) is 19.5. The lowest BCUT2D eigenvalue weighted by molar-refractivity contribution is 0.255. The first kappa shape index (κ1) is 12.5. The summed E-state index contributed by atoms with van der Waals surface area (Å²) in [4.78, 5) is 0. The zero-order valence-electron chi connectivity index (χ0n) is 10.5. The Morgan fingerprint density at radius 1 is 1.47 bits per heavy atom. The highest BCUT2D eigenvalue weighted by atomic mass is 32.1. The second-order valence-electron chi connectivity index (χ2n) is 4.66. The molecule has 3 N–H and O–H groups in total. The SMILES string of the molecule is NNC(CC1CCOc2ccccc21)c1csnn1. The van der Waals surface area contributed by atoms with Gasteiger partial charge in [-0.1, -0.05) is 22.7 Å². The van der Waals surface area contributed by atoms with Crippen molar-refractivity contribution in [1.82, 2.24) is 15.0 Å². The minimum absolute atomic E-state index is 0.0370. The van der Waals surface area contributed by atoms with Crippen molar-refractivity contribution >= 4 is 11.5 Å². The third-order valence-electron chi connectivity index (χ3n) is 3.54. The number of ether oxygens (including phenoxy) is 1. The maximum absolute atomic E-state index is 5.68. The maximum atomic E-state index is 5.68. The molecular weight excluding hydrogens is 260 g/mol. The lowest BCUT2D eigenvalue weighted by Crippen LogP contribution is -2.30. The van der Waals surface area contributed by atoms with Gasteiger partial charge < -0.3 is 4.74 Å². The zero-order chi connectivity index (χ0) is 13.1. The standard InChI is InChI=1S/C13H16N4OS/c14-15-11(12-8-19-17-16-12)7-9-5-6-18-13-4-2-1-3-10(9)13/h1-4,8-9,11,15H,5-7,14H2. The van der Waals surface area contributed by atoms with Crippen LogP contribution in [0.1, 0.15) is 36.1 Å². The Morgan fingerprint density at radius 2 is 2.37 bits per heavy atom. The number of nitrogens with zero attached hydrogens (tertiary/aromatic N) is 2. The monoisotopic (exact) mass is 276 g/mol. The van der Waals surface area contributed by atoms with Crippen molar-refractivity contribution in [3.05, 3.63) is 40.9 Å². The van der Waals surface area contributed by atoms with E-state index in [1.165, 1.54) is 17.1 Å². The largest absolute Gasteiger partial charge is 0.493 e. The van der Waals surface area contributed by atoms with Crippen LogP contribution in [0.3, 0.4) is 0 Å². The summed E-state index contributed by atoms with van der Waals surface area (Å²) in [5.41, 5.74) is 5.02. The van der Waals surface area contributed by atoms with E-state index < -0.39 is 0 Å². The van der Waals surface area contributed by atoms with E-state index in [9.17, 15) is 0 Å². The second kappa shape index (κ2) is 5.64. The van der Waals surface area contributed by atoms with Crippen LogP contribution < -0.4 is 16.0 Å². The fourth-order valence-corrected chi connectivity index (χ4v) is 3.05. The smallest absolute Gasteiger partial charge is 0.122 e. The van der Waals surface area contributed by atoms with Crippen LogP contribution >= 0.6 is 11.5 Å². The van der Waals surface area contributed by atoms with E-state index in [0.29, 0.717) is 5.92 Å². The van der Waals surface area contributed by atoms with Crippen LogP contribution in [-0.4, -0.2) is 16.2 Å².